The maximum Gasteiger partial charge on any atom is 0.253 e. The topological polar surface area (TPSA) is 61.4 Å². The lowest BCUT2D eigenvalue weighted by atomic mass is 10.1. The van der Waals surface area contributed by atoms with Crippen molar-refractivity contribution in [1.29, 1.82) is 0 Å². The van der Waals surface area contributed by atoms with E-state index in [9.17, 15) is 9.59 Å². The van der Waals surface area contributed by atoms with Gasteiger partial charge in [0.25, 0.3) is 5.91 Å². The van der Waals surface area contributed by atoms with Gasteiger partial charge >= 0.3 is 0 Å². The average molecular weight is 382 g/mol. The van der Waals surface area contributed by atoms with Crippen molar-refractivity contribution in [2.75, 3.05) is 25.0 Å². The molecule has 5 heteroatoms. The maximum atomic E-state index is 12.6. The molecule has 2 rings (SSSR count). The molecule has 2 N–H and O–H groups in total. The van der Waals surface area contributed by atoms with Crippen LogP contribution < -0.4 is 10.6 Å². The first-order valence-electron chi connectivity index (χ1n) is 10.0. The van der Waals surface area contributed by atoms with Crippen LogP contribution in [0, 0.1) is 0 Å². The van der Waals surface area contributed by atoms with E-state index in [0.717, 1.165) is 37.2 Å². The van der Waals surface area contributed by atoms with Gasteiger partial charge in [-0.3, -0.25) is 9.59 Å². The van der Waals surface area contributed by atoms with E-state index in [1.165, 1.54) is 0 Å². The number of anilines is 1. The predicted octanol–water partition coefficient (Wildman–Crippen LogP) is 4.24. The van der Waals surface area contributed by atoms with Crippen LogP contribution in [0.5, 0.6) is 0 Å². The Kier molecular flexibility index (Phi) is 8.53. The van der Waals surface area contributed by atoms with E-state index in [2.05, 4.69) is 24.5 Å². The second-order valence-electron chi connectivity index (χ2n) is 6.92. The molecule has 0 saturated heterocycles. The molecule has 28 heavy (non-hydrogen) atoms. The zero-order valence-electron chi connectivity index (χ0n) is 17.1. The van der Waals surface area contributed by atoms with E-state index in [4.69, 9.17) is 0 Å². The Morgan fingerprint density at radius 2 is 1.54 bits per heavy atom. The number of benzene rings is 2. The van der Waals surface area contributed by atoms with Gasteiger partial charge in [0.15, 0.2) is 0 Å². The molecule has 2 amide bonds. The van der Waals surface area contributed by atoms with Crippen LogP contribution >= 0.6 is 0 Å². The molecule has 0 aliphatic heterocycles. The van der Waals surface area contributed by atoms with Crippen LogP contribution in [0.1, 0.15) is 55.6 Å². The first-order chi connectivity index (χ1) is 13.5. The molecule has 0 spiro atoms. The van der Waals surface area contributed by atoms with Gasteiger partial charge in [-0.1, -0.05) is 44.2 Å². The van der Waals surface area contributed by atoms with Gasteiger partial charge in [-0.05, 0) is 49.6 Å². The molecule has 0 saturated carbocycles. The lowest BCUT2D eigenvalue weighted by Crippen LogP contribution is -2.32. The van der Waals surface area contributed by atoms with E-state index in [1.807, 2.05) is 66.4 Å². The lowest BCUT2D eigenvalue weighted by Gasteiger charge is -2.21. The van der Waals surface area contributed by atoms with Crippen LogP contribution in [-0.4, -0.2) is 36.3 Å². The van der Waals surface area contributed by atoms with Gasteiger partial charge in [0.1, 0.15) is 0 Å². The summed E-state index contributed by atoms with van der Waals surface area (Å²) in [5.41, 5.74) is 2.56. The molecule has 0 aromatic heterocycles. The van der Waals surface area contributed by atoms with E-state index < -0.39 is 0 Å². The zero-order valence-corrected chi connectivity index (χ0v) is 17.1. The van der Waals surface area contributed by atoms with Crippen molar-refractivity contribution in [3.05, 3.63) is 65.7 Å². The van der Waals surface area contributed by atoms with Gasteiger partial charge in [0, 0.05) is 24.3 Å². The van der Waals surface area contributed by atoms with Crippen molar-refractivity contribution >= 4 is 17.5 Å². The molecule has 5 nitrogen and oxygen atoms in total. The fourth-order valence-corrected chi connectivity index (χ4v) is 3.07. The molecule has 0 aliphatic carbocycles. The molecule has 0 bridgehead atoms. The molecule has 150 valence electrons. The monoisotopic (exact) mass is 381 g/mol. The number of carbonyl (C=O) groups excluding carboxylic acids is 2. The quantitative estimate of drug-likeness (QED) is 0.647. The molecule has 0 fully saturated rings. The van der Waals surface area contributed by atoms with Crippen molar-refractivity contribution < 1.29 is 9.59 Å². The summed E-state index contributed by atoms with van der Waals surface area (Å²) in [4.78, 5) is 26.7. The molecule has 0 heterocycles. The largest absolute Gasteiger partial charge is 0.376 e. The van der Waals surface area contributed by atoms with Gasteiger partial charge in [-0.25, -0.2) is 0 Å². The van der Waals surface area contributed by atoms with Crippen molar-refractivity contribution in [3.8, 4) is 0 Å². The van der Waals surface area contributed by atoms with Crippen molar-refractivity contribution in [2.45, 2.75) is 39.7 Å². The summed E-state index contributed by atoms with van der Waals surface area (Å²) < 4.78 is 0. The Hall–Kier alpha value is -2.82. The summed E-state index contributed by atoms with van der Waals surface area (Å²) in [6.07, 6.45) is 1.89. The molecule has 2 aromatic carbocycles. The molecule has 0 radical (unpaired) electrons. The van der Waals surface area contributed by atoms with Gasteiger partial charge < -0.3 is 15.5 Å². The van der Waals surface area contributed by atoms with Gasteiger partial charge in [-0.2, -0.15) is 0 Å². The first kappa shape index (κ1) is 21.5. The maximum absolute atomic E-state index is 12.6. The SMILES string of the molecule is CCCN(CCC)C(=O)c1ccc(NCC(=O)NC(C)c2ccccc2)cc1. The third kappa shape index (κ3) is 6.41. The molecule has 2 aromatic rings. The van der Waals surface area contributed by atoms with Crippen molar-refractivity contribution in [1.82, 2.24) is 10.2 Å². The number of amides is 2. The van der Waals surface area contributed by atoms with Gasteiger partial charge in [0.2, 0.25) is 5.91 Å². The number of hydrogen-bond donors (Lipinski definition) is 2. The second-order valence-corrected chi connectivity index (χ2v) is 6.92. The molecule has 1 atom stereocenters. The summed E-state index contributed by atoms with van der Waals surface area (Å²) >= 11 is 0. The lowest BCUT2D eigenvalue weighted by molar-refractivity contribution is -0.120. The van der Waals surface area contributed by atoms with Crippen LogP contribution in [0.15, 0.2) is 54.6 Å². The Morgan fingerprint density at radius 3 is 2.11 bits per heavy atom. The van der Waals surface area contributed by atoms with E-state index in [0.29, 0.717) is 5.56 Å². The highest BCUT2D eigenvalue weighted by Crippen LogP contribution is 2.13. The van der Waals surface area contributed by atoms with Crippen molar-refractivity contribution in [2.24, 2.45) is 0 Å². The minimum Gasteiger partial charge on any atom is -0.376 e. The van der Waals surface area contributed by atoms with E-state index in [1.54, 1.807) is 0 Å². The second kappa shape index (κ2) is 11.1. The highest BCUT2D eigenvalue weighted by atomic mass is 16.2. The van der Waals surface area contributed by atoms with E-state index >= 15 is 0 Å². The number of nitrogens with one attached hydrogen (secondary N) is 2. The Bertz CT molecular complexity index is 738. The summed E-state index contributed by atoms with van der Waals surface area (Å²) in [7, 11) is 0. The Balaban J connectivity index is 1.86. The zero-order chi connectivity index (χ0) is 20.4. The number of hydrogen-bond acceptors (Lipinski definition) is 3. The van der Waals surface area contributed by atoms with Crippen LogP contribution in [-0.2, 0) is 4.79 Å². The highest BCUT2D eigenvalue weighted by Gasteiger charge is 2.14. The normalized spacial score (nSPS) is 11.5. The smallest absolute Gasteiger partial charge is 0.253 e. The summed E-state index contributed by atoms with van der Waals surface area (Å²) in [5.74, 6) is -0.0155. The van der Waals surface area contributed by atoms with Crippen LogP contribution in [0.4, 0.5) is 5.69 Å². The number of rotatable bonds is 10. The number of carbonyl (C=O) groups is 2. The summed E-state index contributed by atoms with van der Waals surface area (Å²) in [6, 6.07) is 17.1. The molecule has 0 aliphatic rings. The number of nitrogens with zero attached hydrogens (tertiary/aromatic N) is 1. The van der Waals surface area contributed by atoms with Crippen molar-refractivity contribution in [3.63, 3.8) is 0 Å². The summed E-state index contributed by atoms with van der Waals surface area (Å²) in [5, 5.41) is 6.09. The Morgan fingerprint density at radius 1 is 0.929 bits per heavy atom. The average Bonchev–Trinajstić information content (AvgIpc) is 2.72. The molecule has 1 unspecified atom stereocenters. The first-order valence-corrected chi connectivity index (χ1v) is 10.0. The third-order valence-electron chi connectivity index (χ3n) is 4.54. The highest BCUT2D eigenvalue weighted by molar-refractivity contribution is 5.94. The van der Waals surface area contributed by atoms with Gasteiger partial charge in [-0.15, -0.1) is 0 Å². The van der Waals surface area contributed by atoms with Crippen LogP contribution in [0.2, 0.25) is 0 Å². The summed E-state index contributed by atoms with van der Waals surface area (Å²) in [6.45, 7) is 7.84. The predicted molar refractivity (Wildman–Crippen MR) is 114 cm³/mol. The fourth-order valence-electron chi connectivity index (χ4n) is 3.07. The van der Waals surface area contributed by atoms with Crippen LogP contribution in [0.3, 0.4) is 0 Å². The van der Waals surface area contributed by atoms with E-state index in [-0.39, 0.29) is 24.4 Å². The Labute approximate surface area is 168 Å². The minimum atomic E-state index is -0.0754. The standard InChI is InChI=1S/C23H31N3O2/c1-4-15-26(16-5-2)23(28)20-11-13-21(14-12-20)24-17-22(27)25-18(3)19-9-7-6-8-10-19/h6-14,18,24H,4-5,15-17H2,1-3H3,(H,25,27). The van der Waals surface area contributed by atoms with Gasteiger partial charge in [0.05, 0.1) is 12.6 Å². The molecular formula is C23H31N3O2. The molecular weight excluding hydrogens is 350 g/mol. The third-order valence-corrected chi connectivity index (χ3v) is 4.54. The fraction of sp³-hybridized carbons (Fsp3) is 0.391. The van der Waals surface area contributed by atoms with Crippen LogP contribution in [0.25, 0.3) is 0 Å². The minimum absolute atomic E-state index is 0.0430.